The molecule has 1 fully saturated rings. The van der Waals surface area contributed by atoms with E-state index in [9.17, 15) is 0 Å². The van der Waals surface area contributed by atoms with Crippen LogP contribution in [0.3, 0.4) is 0 Å². The van der Waals surface area contributed by atoms with E-state index in [0.717, 1.165) is 40.6 Å². The molecule has 2 aromatic rings. The zero-order valence-electron chi connectivity index (χ0n) is 11.2. The molecule has 0 unspecified atom stereocenters. The molecular formula is C16H21ClN2. The fourth-order valence-corrected chi connectivity index (χ4v) is 3.38. The van der Waals surface area contributed by atoms with Crippen molar-refractivity contribution >= 4 is 22.5 Å². The number of aromatic amines is 1. The van der Waals surface area contributed by atoms with Crippen LogP contribution in [0.25, 0.3) is 10.9 Å². The molecule has 0 spiro atoms. The lowest BCUT2D eigenvalue weighted by Gasteiger charge is -2.09. The van der Waals surface area contributed by atoms with Crippen LogP contribution >= 0.6 is 11.6 Å². The number of nitrogens with one attached hydrogen (secondary N) is 2. The molecule has 1 aromatic carbocycles. The van der Waals surface area contributed by atoms with E-state index in [0.29, 0.717) is 0 Å². The molecular weight excluding hydrogens is 256 g/mol. The molecule has 0 bridgehead atoms. The van der Waals surface area contributed by atoms with E-state index in [1.54, 1.807) is 0 Å². The monoisotopic (exact) mass is 276 g/mol. The van der Waals surface area contributed by atoms with Crippen LogP contribution < -0.4 is 5.32 Å². The largest absolute Gasteiger partial charge is 0.356 e. The van der Waals surface area contributed by atoms with E-state index in [-0.39, 0.29) is 0 Å². The highest BCUT2D eigenvalue weighted by Gasteiger charge is 2.14. The van der Waals surface area contributed by atoms with Gasteiger partial charge in [0.25, 0.3) is 0 Å². The van der Waals surface area contributed by atoms with Crippen LogP contribution in [0.4, 0.5) is 0 Å². The molecule has 0 atom stereocenters. The van der Waals surface area contributed by atoms with Crippen LogP contribution in [-0.2, 0) is 6.54 Å². The fraction of sp³-hybridized carbons (Fsp3) is 0.500. The van der Waals surface area contributed by atoms with Gasteiger partial charge in [0.05, 0.1) is 5.02 Å². The Morgan fingerprint density at radius 1 is 1.21 bits per heavy atom. The lowest BCUT2D eigenvalue weighted by molar-refractivity contribution is 0.476. The lowest BCUT2D eigenvalue weighted by atomic mass is 10.0. The summed E-state index contributed by atoms with van der Waals surface area (Å²) in [6.07, 6.45) is 7.01. The van der Waals surface area contributed by atoms with Gasteiger partial charge in [-0.3, -0.25) is 0 Å². The molecule has 1 aliphatic carbocycles. The zero-order chi connectivity index (χ0) is 13.1. The average molecular weight is 277 g/mol. The molecule has 0 radical (unpaired) electrons. The van der Waals surface area contributed by atoms with Crippen LogP contribution in [0.5, 0.6) is 0 Å². The Bertz CT molecular complexity index is 541. The second-order valence-electron chi connectivity index (χ2n) is 5.58. The van der Waals surface area contributed by atoms with Gasteiger partial charge in [0.15, 0.2) is 0 Å². The molecule has 3 rings (SSSR count). The second-order valence-corrected chi connectivity index (χ2v) is 5.96. The molecule has 2 N–H and O–H groups in total. The number of fused-ring (bicyclic) bond motifs is 1. The van der Waals surface area contributed by atoms with Crippen molar-refractivity contribution in [3.05, 3.63) is 35.0 Å². The van der Waals surface area contributed by atoms with Gasteiger partial charge in [-0.15, -0.1) is 0 Å². The van der Waals surface area contributed by atoms with Crippen molar-refractivity contribution in [2.75, 3.05) is 6.54 Å². The summed E-state index contributed by atoms with van der Waals surface area (Å²) < 4.78 is 0. The Morgan fingerprint density at radius 3 is 2.79 bits per heavy atom. The summed E-state index contributed by atoms with van der Waals surface area (Å²) in [5.41, 5.74) is 2.23. The zero-order valence-corrected chi connectivity index (χ0v) is 12.0. The van der Waals surface area contributed by atoms with Crippen molar-refractivity contribution in [2.24, 2.45) is 5.92 Å². The molecule has 1 aliphatic rings. The topological polar surface area (TPSA) is 27.8 Å². The van der Waals surface area contributed by atoms with Gasteiger partial charge >= 0.3 is 0 Å². The second kappa shape index (κ2) is 5.98. The number of para-hydroxylation sites is 1. The Morgan fingerprint density at radius 2 is 2.00 bits per heavy atom. The number of aromatic nitrogens is 1. The summed E-state index contributed by atoms with van der Waals surface area (Å²) in [7, 11) is 0. The third-order valence-corrected chi connectivity index (χ3v) is 4.65. The summed E-state index contributed by atoms with van der Waals surface area (Å²) >= 11 is 6.39. The van der Waals surface area contributed by atoms with E-state index in [4.69, 9.17) is 11.6 Å². The molecule has 3 heteroatoms. The summed E-state index contributed by atoms with van der Waals surface area (Å²) in [4.78, 5) is 3.40. The van der Waals surface area contributed by atoms with E-state index < -0.39 is 0 Å². The van der Waals surface area contributed by atoms with Gasteiger partial charge in [-0.1, -0.05) is 55.5 Å². The van der Waals surface area contributed by atoms with Crippen LogP contribution in [-0.4, -0.2) is 11.5 Å². The number of hydrogen-bond acceptors (Lipinski definition) is 1. The summed E-state index contributed by atoms with van der Waals surface area (Å²) in [6.45, 7) is 1.93. The van der Waals surface area contributed by atoms with Gasteiger partial charge in [0, 0.05) is 23.1 Å². The van der Waals surface area contributed by atoms with Gasteiger partial charge in [-0.2, -0.15) is 0 Å². The third-order valence-electron chi connectivity index (χ3n) is 4.22. The first-order valence-corrected chi connectivity index (χ1v) is 7.68. The molecule has 2 nitrogen and oxygen atoms in total. The molecule has 0 aliphatic heterocycles. The first kappa shape index (κ1) is 13.0. The minimum absolute atomic E-state index is 0.834. The van der Waals surface area contributed by atoms with E-state index in [1.807, 2.05) is 12.1 Å². The molecule has 1 saturated carbocycles. The Hall–Kier alpha value is -0.990. The number of H-pyrrole nitrogens is 1. The van der Waals surface area contributed by atoms with Gasteiger partial charge in [0.2, 0.25) is 0 Å². The Kier molecular flexibility index (Phi) is 4.09. The highest BCUT2D eigenvalue weighted by molar-refractivity contribution is 6.36. The smallest absolute Gasteiger partial charge is 0.0705 e. The standard InChI is InChI=1S/C16H21ClN2/c17-16-13-7-3-4-8-14(13)19-15(16)11-18-10-9-12-5-1-2-6-12/h3-4,7-8,12,18-19H,1-2,5-6,9-11H2. The Balaban J connectivity index is 1.54. The van der Waals surface area contributed by atoms with Gasteiger partial charge in [-0.25, -0.2) is 0 Å². The SMILES string of the molecule is Clc1c(CNCCC2CCCC2)[nH]c2ccccc12. The maximum Gasteiger partial charge on any atom is 0.0705 e. The van der Waals surface area contributed by atoms with Gasteiger partial charge in [-0.05, 0) is 24.9 Å². The van der Waals surface area contributed by atoms with Crippen molar-refractivity contribution in [3.63, 3.8) is 0 Å². The molecule has 0 amide bonds. The fourth-order valence-electron chi connectivity index (χ4n) is 3.10. The van der Waals surface area contributed by atoms with E-state index in [2.05, 4.69) is 22.4 Å². The molecule has 1 heterocycles. The van der Waals surface area contributed by atoms with E-state index in [1.165, 1.54) is 32.1 Å². The maximum absolute atomic E-state index is 6.39. The number of hydrogen-bond donors (Lipinski definition) is 2. The first-order chi connectivity index (χ1) is 9.34. The predicted molar refractivity (Wildman–Crippen MR) is 81.6 cm³/mol. The number of benzene rings is 1. The van der Waals surface area contributed by atoms with Crippen molar-refractivity contribution in [2.45, 2.75) is 38.6 Å². The van der Waals surface area contributed by atoms with E-state index >= 15 is 0 Å². The predicted octanol–water partition coefficient (Wildman–Crippen LogP) is 4.49. The Labute approximate surface area is 119 Å². The van der Waals surface area contributed by atoms with Gasteiger partial charge < -0.3 is 10.3 Å². The summed E-state index contributed by atoms with van der Waals surface area (Å²) in [5, 5.41) is 5.50. The van der Waals surface area contributed by atoms with Gasteiger partial charge in [0.1, 0.15) is 0 Å². The highest BCUT2D eigenvalue weighted by Crippen LogP contribution is 2.28. The van der Waals surface area contributed by atoms with Crippen molar-refractivity contribution < 1.29 is 0 Å². The molecule has 19 heavy (non-hydrogen) atoms. The number of rotatable bonds is 5. The normalized spacial score (nSPS) is 16.5. The first-order valence-electron chi connectivity index (χ1n) is 7.30. The van der Waals surface area contributed by atoms with Crippen molar-refractivity contribution in [3.8, 4) is 0 Å². The molecule has 102 valence electrons. The highest BCUT2D eigenvalue weighted by atomic mass is 35.5. The maximum atomic E-state index is 6.39. The van der Waals surface area contributed by atoms with Crippen molar-refractivity contribution in [1.82, 2.24) is 10.3 Å². The van der Waals surface area contributed by atoms with Crippen molar-refractivity contribution in [1.29, 1.82) is 0 Å². The summed E-state index contributed by atoms with van der Waals surface area (Å²) in [6, 6.07) is 8.20. The number of halogens is 1. The minimum atomic E-state index is 0.834. The quantitative estimate of drug-likeness (QED) is 0.774. The lowest BCUT2D eigenvalue weighted by Crippen LogP contribution is -2.17. The molecule has 0 saturated heterocycles. The van der Waals surface area contributed by atoms with Crippen LogP contribution in [0.15, 0.2) is 24.3 Å². The van der Waals surface area contributed by atoms with Crippen LogP contribution in [0.1, 0.15) is 37.8 Å². The third kappa shape index (κ3) is 2.96. The summed E-state index contributed by atoms with van der Waals surface area (Å²) in [5.74, 6) is 0.950. The van der Waals surface area contributed by atoms with Crippen LogP contribution in [0.2, 0.25) is 5.02 Å². The van der Waals surface area contributed by atoms with Crippen LogP contribution in [0, 0.1) is 5.92 Å². The molecule has 1 aromatic heterocycles. The minimum Gasteiger partial charge on any atom is -0.356 e. The average Bonchev–Trinajstić information content (AvgIpc) is 3.04.